The number of hydrogen-bond acceptors (Lipinski definition) is 3. The van der Waals surface area contributed by atoms with Gasteiger partial charge in [-0.05, 0) is 24.6 Å². The first kappa shape index (κ1) is 12.5. The van der Waals surface area contributed by atoms with Crippen LogP contribution in [-0.2, 0) is 0 Å². The monoisotopic (exact) mass is 243 g/mol. The van der Waals surface area contributed by atoms with Crippen molar-refractivity contribution in [1.82, 2.24) is 0 Å². The van der Waals surface area contributed by atoms with E-state index in [9.17, 15) is 5.11 Å². The third-order valence-corrected chi connectivity index (χ3v) is 2.91. The number of hydrogen-bond donors (Lipinski definition) is 2. The Morgan fingerprint density at radius 1 is 1.11 bits per heavy atom. The van der Waals surface area contributed by atoms with Gasteiger partial charge in [0.2, 0.25) is 0 Å². The highest BCUT2D eigenvalue weighted by molar-refractivity contribution is 5.53. The van der Waals surface area contributed by atoms with Crippen LogP contribution in [0, 0.1) is 6.92 Å². The Balaban J connectivity index is 2.02. The Bertz CT molecular complexity index is 511. The van der Waals surface area contributed by atoms with Gasteiger partial charge in [0.25, 0.3) is 0 Å². The second-order valence-corrected chi connectivity index (χ2v) is 4.21. The van der Waals surface area contributed by atoms with Gasteiger partial charge in [0, 0.05) is 11.3 Å². The average Bonchev–Trinajstić information content (AvgIpc) is 2.41. The highest BCUT2D eigenvalue weighted by Crippen LogP contribution is 2.24. The molecule has 0 amide bonds. The van der Waals surface area contributed by atoms with Crippen LogP contribution in [0.15, 0.2) is 48.5 Å². The molecule has 0 saturated carbocycles. The fraction of sp³-hybridized carbons (Fsp3) is 0.200. The summed E-state index contributed by atoms with van der Waals surface area (Å²) in [6.45, 7) is 2.12. The van der Waals surface area contributed by atoms with Gasteiger partial charge >= 0.3 is 0 Å². The number of rotatable bonds is 4. The van der Waals surface area contributed by atoms with E-state index in [0.29, 0.717) is 11.4 Å². The first-order valence-corrected chi connectivity index (χ1v) is 5.89. The second-order valence-electron chi connectivity index (χ2n) is 4.21. The quantitative estimate of drug-likeness (QED) is 0.812. The van der Waals surface area contributed by atoms with Crippen LogP contribution in [0.5, 0.6) is 5.75 Å². The molecule has 1 unspecified atom stereocenters. The normalized spacial score (nSPS) is 12.1. The third-order valence-electron chi connectivity index (χ3n) is 2.91. The van der Waals surface area contributed by atoms with Gasteiger partial charge < -0.3 is 15.6 Å². The predicted molar refractivity (Wildman–Crippen MR) is 72.5 cm³/mol. The zero-order valence-electron chi connectivity index (χ0n) is 10.3. The molecule has 3 heteroatoms. The summed E-state index contributed by atoms with van der Waals surface area (Å²) in [6.07, 6.45) is -0.632. The Labute approximate surface area is 107 Å². The number of nitrogen functional groups attached to an aromatic ring is 1. The summed E-state index contributed by atoms with van der Waals surface area (Å²) in [5, 5.41) is 9.99. The van der Waals surface area contributed by atoms with Crippen LogP contribution in [0.3, 0.4) is 0 Å². The lowest BCUT2D eigenvalue weighted by Gasteiger charge is -2.14. The van der Waals surface area contributed by atoms with E-state index in [0.717, 1.165) is 11.1 Å². The molecular formula is C15H17NO2. The smallest absolute Gasteiger partial charge is 0.124 e. The molecule has 94 valence electrons. The molecule has 1 atom stereocenters. The molecule has 2 aromatic carbocycles. The lowest BCUT2D eigenvalue weighted by atomic mass is 10.1. The van der Waals surface area contributed by atoms with Crippen LogP contribution in [0.1, 0.15) is 17.2 Å². The largest absolute Gasteiger partial charge is 0.490 e. The maximum Gasteiger partial charge on any atom is 0.124 e. The first-order valence-electron chi connectivity index (χ1n) is 5.89. The lowest BCUT2D eigenvalue weighted by molar-refractivity contribution is 0.108. The Morgan fingerprint density at radius 2 is 1.83 bits per heavy atom. The van der Waals surface area contributed by atoms with Crippen molar-refractivity contribution in [1.29, 1.82) is 0 Å². The van der Waals surface area contributed by atoms with Crippen LogP contribution in [0.4, 0.5) is 5.69 Å². The Morgan fingerprint density at radius 3 is 2.56 bits per heavy atom. The van der Waals surface area contributed by atoms with Crippen molar-refractivity contribution >= 4 is 5.69 Å². The van der Waals surface area contributed by atoms with Crippen molar-refractivity contribution in [3.05, 3.63) is 59.7 Å². The van der Waals surface area contributed by atoms with Gasteiger partial charge in [-0.3, -0.25) is 0 Å². The summed E-state index contributed by atoms with van der Waals surface area (Å²) >= 11 is 0. The van der Waals surface area contributed by atoms with Crippen LogP contribution >= 0.6 is 0 Å². The molecule has 0 aliphatic heterocycles. The minimum Gasteiger partial charge on any atom is -0.490 e. The van der Waals surface area contributed by atoms with E-state index in [1.165, 1.54) is 0 Å². The molecule has 2 rings (SSSR count). The molecule has 2 aromatic rings. The summed E-state index contributed by atoms with van der Waals surface area (Å²) < 4.78 is 5.60. The molecule has 0 aliphatic carbocycles. The third kappa shape index (κ3) is 2.81. The Hall–Kier alpha value is -2.00. The van der Waals surface area contributed by atoms with Gasteiger partial charge in [0.05, 0.1) is 0 Å². The van der Waals surface area contributed by atoms with E-state index >= 15 is 0 Å². The van der Waals surface area contributed by atoms with Crippen molar-refractivity contribution in [2.24, 2.45) is 0 Å². The molecule has 0 fully saturated rings. The van der Waals surface area contributed by atoms with E-state index in [4.69, 9.17) is 10.5 Å². The van der Waals surface area contributed by atoms with E-state index in [2.05, 4.69) is 0 Å². The van der Waals surface area contributed by atoms with Crippen LogP contribution in [-0.4, -0.2) is 11.7 Å². The standard InChI is InChI=1S/C15H17NO2/c1-11-13(16)8-5-9-15(11)18-10-14(17)12-6-3-2-4-7-12/h2-9,14,17H,10,16H2,1H3. The predicted octanol–water partition coefficient (Wildman–Crippen LogP) is 2.69. The number of aliphatic hydroxyl groups excluding tert-OH is 1. The zero-order chi connectivity index (χ0) is 13.0. The van der Waals surface area contributed by atoms with E-state index < -0.39 is 6.10 Å². The molecule has 3 nitrogen and oxygen atoms in total. The van der Waals surface area contributed by atoms with Crippen molar-refractivity contribution in [2.45, 2.75) is 13.0 Å². The minimum atomic E-state index is -0.632. The molecule has 0 heterocycles. The van der Waals surface area contributed by atoms with Gasteiger partial charge in [0.1, 0.15) is 18.5 Å². The number of benzene rings is 2. The van der Waals surface area contributed by atoms with E-state index in [-0.39, 0.29) is 6.61 Å². The summed E-state index contributed by atoms with van der Waals surface area (Å²) in [5.74, 6) is 0.713. The molecule has 0 saturated heterocycles. The summed E-state index contributed by atoms with van der Waals surface area (Å²) in [7, 11) is 0. The van der Waals surface area contributed by atoms with Gasteiger partial charge in [-0.25, -0.2) is 0 Å². The maximum atomic E-state index is 9.99. The fourth-order valence-corrected chi connectivity index (χ4v) is 1.73. The second kappa shape index (κ2) is 5.56. The highest BCUT2D eigenvalue weighted by Gasteiger charge is 2.09. The number of nitrogens with two attached hydrogens (primary N) is 1. The van der Waals surface area contributed by atoms with E-state index in [1.807, 2.05) is 55.5 Å². The van der Waals surface area contributed by atoms with Crippen LogP contribution in [0.25, 0.3) is 0 Å². The summed E-state index contributed by atoms with van der Waals surface area (Å²) in [4.78, 5) is 0. The average molecular weight is 243 g/mol. The number of aliphatic hydroxyl groups is 1. The zero-order valence-corrected chi connectivity index (χ0v) is 10.3. The molecule has 3 N–H and O–H groups in total. The van der Waals surface area contributed by atoms with Crippen molar-refractivity contribution in [2.75, 3.05) is 12.3 Å². The highest BCUT2D eigenvalue weighted by atomic mass is 16.5. The Kier molecular flexibility index (Phi) is 3.85. The van der Waals surface area contributed by atoms with Crippen molar-refractivity contribution in [3.8, 4) is 5.75 Å². The molecule has 0 aromatic heterocycles. The van der Waals surface area contributed by atoms with Crippen LogP contribution in [0.2, 0.25) is 0 Å². The van der Waals surface area contributed by atoms with Gasteiger partial charge in [-0.2, -0.15) is 0 Å². The summed E-state index contributed by atoms with van der Waals surface area (Å²) in [5.41, 5.74) is 8.24. The van der Waals surface area contributed by atoms with Gasteiger partial charge in [-0.15, -0.1) is 0 Å². The SMILES string of the molecule is Cc1c(N)cccc1OCC(O)c1ccccc1. The summed E-state index contributed by atoms with van der Waals surface area (Å²) in [6, 6.07) is 15.0. The molecule has 0 spiro atoms. The minimum absolute atomic E-state index is 0.217. The molecule has 0 aliphatic rings. The fourth-order valence-electron chi connectivity index (χ4n) is 1.73. The van der Waals surface area contributed by atoms with E-state index in [1.54, 1.807) is 0 Å². The lowest BCUT2D eigenvalue weighted by Crippen LogP contribution is -2.10. The molecular weight excluding hydrogens is 226 g/mol. The number of anilines is 1. The number of ether oxygens (including phenoxy) is 1. The van der Waals surface area contributed by atoms with Gasteiger partial charge in [-0.1, -0.05) is 36.4 Å². The van der Waals surface area contributed by atoms with Crippen molar-refractivity contribution < 1.29 is 9.84 Å². The molecule has 0 radical (unpaired) electrons. The maximum absolute atomic E-state index is 9.99. The molecule has 0 bridgehead atoms. The molecule has 18 heavy (non-hydrogen) atoms. The van der Waals surface area contributed by atoms with Gasteiger partial charge in [0.15, 0.2) is 0 Å². The topological polar surface area (TPSA) is 55.5 Å². The van der Waals surface area contributed by atoms with Crippen LogP contribution < -0.4 is 10.5 Å². The first-order chi connectivity index (χ1) is 8.68. The van der Waals surface area contributed by atoms with Crippen molar-refractivity contribution in [3.63, 3.8) is 0 Å².